The third-order valence-corrected chi connectivity index (χ3v) is 5.05. The normalized spacial score (nSPS) is 11.3. The average molecular weight is 354 g/mol. The zero-order valence-electron chi connectivity index (χ0n) is 13.6. The molecule has 3 heterocycles. The lowest BCUT2D eigenvalue weighted by Gasteiger charge is -1.99. The van der Waals surface area contributed by atoms with Gasteiger partial charge in [-0.15, -0.1) is 16.4 Å². The number of carbonyl (C=O) groups is 1. The van der Waals surface area contributed by atoms with Crippen LogP contribution in [0.1, 0.15) is 22.2 Å². The van der Waals surface area contributed by atoms with Gasteiger partial charge < -0.3 is 9.84 Å². The SMILES string of the molecule is CCOC(=O)c1sc2ncn3nc(-c4ccccc4O)nc3c2c1C. The van der Waals surface area contributed by atoms with Crippen molar-refractivity contribution in [2.24, 2.45) is 0 Å². The van der Waals surface area contributed by atoms with Crippen LogP contribution in [-0.2, 0) is 4.74 Å². The van der Waals surface area contributed by atoms with Crippen LogP contribution >= 0.6 is 11.3 Å². The topological polar surface area (TPSA) is 89.6 Å². The van der Waals surface area contributed by atoms with Gasteiger partial charge in [-0.2, -0.15) is 0 Å². The van der Waals surface area contributed by atoms with Gasteiger partial charge in [-0.1, -0.05) is 12.1 Å². The molecule has 7 nitrogen and oxygen atoms in total. The lowest BCUT2D eigenvalue weighted by molar-refractivity contribution is 0.0531. The molecule has 0 unspecified atom stereocenters. The van der Waals surface area contributed by atoms with Gasteiger partial charge in [-0.3, -0.25) is 0 Å². The van der Waals surface area contributed by atoms with E-state index in [-0.39, 0.29) is 11.7 Å². The number of aryl methyl sites for hydroxylation is 1. The highest BCUT2D eigenvalue weighted by molar-refractivity contribution is 7.20. The van der Waals surface area contributed by atoms with E-state index in [9.17, 15) is 9.90 Å². The lowest BCUT2D eigenvalue weighted by atomic mass is 10.2. The van der Waals surface area contributed by atoms with Gasteiger partial charge in [0.15, 0.2) is 11.5 Å². The lowest BCUT2D eigenvalue weighted by Crippen LogP contribution is -2.03. The fourth-order valence-electron chi connectivity index (χ4n) is 2.70. The van der Waals surface area contributed by atoms with Crippen LogP contribution in [0.2, 0.25) is 0 Å². The van der Waals surface area contributed by atoms with E-state index < -0.39 is 0 Å². The first kappa shape index (κ1) is 15.5. The molecule has 1 aromatic carbocycles. The van der Waals surface area contributed by atoms with Gasteiger partial charge in [-0.05, 0) is 31.5 Å². The van der Waals surface area contributed by atoms with E-state index >= 15 is 0 Å². The van der Waals surface area contributed by atoms with E-state index in [1.807, 2.05) is 13.0 Å². The van der Waals surface area contributed by atoms with Crippen molar-refractivity contribution in [1.82, 2.24) is 19.6 Å². The van der Waals surface area contributed by atoms with E-state index in [1.54, 1.807) is 36.0 Å². The molecule has 0 bridgehead atoms. The van der Waals surface area contributed by atoms with Crippen LogP contribution < -0.4 is 0 Å². The number of hydrogen-bond acceptors (Lipinski definition) is 7. The maximum Gasteiger partial charge on any atom is 0.348 e. The third-order valence-electron chi connectivity index (χ3n) is 3.87. The first-order chi connectivity index (χ1) is 12.1. The molecule has 1 N–H and O–H groups in total. The fraction of sp³-hybridized carbons (Fsp3) is 0.176. The van der Waals surface area contributed by atoms with Gasteiger partial charge >= 0.3 is 5.97 Å². The van der Waals surface area contributed by atoms with Crippen molar-refractivity contribution < 1.29 is 14.6 Å². The minimum atomic E-state index is -0.360. The second kappa shape index (κ2) is 5.82. The minimum absolute atomic E-state index is 0.108. The number of para-hydroxylation sites is 1. The number of aromatic hydroxyl groups is 1. The maximum atomic E-state index is 12.1. The number of esters is 1. The highest BCUT2D eigenvalue weighted by Gasteiger charge is 2.21. The highest BCUT2D eigenvalue weighted by atomic mass is 32.1. The van der Waals surface area contributed by atoms with Crippen molar-refractivity contribution in [3.8, 4) is 17.1 Å². The Morgan fingerprint density at radius 3 is 2.92 bits per heavy atom. The summed E-state index contributed by atoms with van der Waals surface area (Å²) in [5.41, 5.74) is 1.90. The average Bonchev–Trinajstić information content (AvgIpc) is 3.16. The van der Waals surface area contributed by atoms with E-state index in [2.05, 4.69) is 15.1 Å². The second-order valence-corrected chi connectivity index (χ2v) is 6.42. The van der Waals surface area contributed by atoms with Gasteiger partial charge in [0, 0.05) is 0 Å². The zero-order valence-corrected chi connectivity index (χ0v) is 14.4. The van der Waals surface area contributed by atoms with E-state index in [4.69, 9.17) is 4.74 Å². The number of phenols is 1. The van der Waals surface area contributed by atoms with Crippen LogP contribution in [0.25, 0.3) is 27.3 Å². The molecule has 0 aliphatic carbocycles. The van der Waals surface area contributed by atoms with Crippen molar-refractivity contribution >= 4 is 33.2 Å². The number of benzene rings is 1. The number of carbonyl (C=O) groups excluding carboxylic acids is 1. The number of aromatic nitrogens is 4. The number of phenolic OH excluding ortho intramolecular Hbond substituents is 1. The summed E-state index contributed by atoms with van der Waals surface area (Å²) in [5.74, 6) is 0.147. The molecule has 4 rings (SSSR count). The Bertz CT molecular complexity index is 1120. The minimum Gasteiger partial charge on any atom is -0.507 e. The van der Waals surface area contributed by atoms with Crippen LogP contribution in [0.15, 0.2) is 30.6 Å². The van der Waals surface area contributed by atoms with Crippen molar-refractivity contribution in [2.45, 2.75) is 13.8 Å². The molecule has 0 spiro atoms. The Kier molecular flexibility index (Phi) is 3.61. The van der Waals surface area contributed by atoms with Crippen molar-refractivity contribution in [1.29, 1.82) is 0 Å². The van der Waals surface area contributed by atoms with Crippen LogP contribution in [0.5, 0.6) is 5.75 Å². The standard InChI is InChI=1S/C17H14N4O3S/c1-3-24-17(23)13-9(2)12-15-19-14(10-6-4-5-7-11(10)22)20-21(15)8-18-16(12)25-13/h4-8,22H,3H2,1-2H3. The largest absolute Gasteiger partial charge is 0.507 e. The molecular formula is C17H14N4O3S. The first-order valence-corrected chi connectivity index (χ1v) is 8.51. The Morgan fingerprint density at radius 1 is 1.36 bits per heavy atom. The number of nitrogens with zero attached hydrogens (tertiary/aromatic N) is 4. The molecule has 25 heavy (non-hydrogen) atoms. The molecule has 0 saturated carbocycles. The van der Waals surface area contributed by atoms with Gasteiger partial charge in [0.05, 0.1) is 17.6 Å². The molecule has 0 saturated heterocycles. The fourth-order valence-corrected chi connectivity index (χ4v) is 3.74. The summed E-state index contributed by atoms with van der Waals surface area (Å²) in [5, 5.41) is 15.2. The molecule has 3 aromatic heterocycles. The van der Waals surface area contributed by atoms with Crippen molar-refractivity contribution in [3.63, 3.8) is 0 Å². The number of ether oxygens (including phenoxy) is 1. The maximum absolute atomic E-state index is 12.1. The molecule has 0 radical (unpaired) electrons. The van der Waals surface area contributed by atoms with Crippen LogP contribution in [0.3, 0.4) is 0 Å². The summed E-state index contributed by atoms with van der Waals surface area (Å²) in [4.78, 5) is 22.3. The Hall–Kier alpha value is -3.00. The Balaban J connectivity index is 1.95. The predicted octanol–water partition coefficient (Wildman–Crippen LogP) is 3.20. The molecule has 0 atom stereocenters. The quantitative estimate of drug-likeness (QED) is 0.568. The molecule has 0 aliphatic heterocycles. The summed E-state index contributed by atoms with van der Waals surface area (Å²) in [6.45, 7) is 3.94. The number of rotatable bonds is 3. The predicted molar refractivity (Wildman–Crippen MR) is 94.0 cm³/mol. The first-order valence-electron chi connectivity index (χ1n) is 7.70. The van der Waals surface area contributed by atoms with Crippen LogP contribution in [0, 0.1) is 6.92 Å². The second-order valence-electron chi connectivity index (χ2n) is 5.42. The molecule has 0 amide bonds. The zero-order chi connectivity index (χ0) is 17.6. The van der Waals surface area contributed by atoms with E-state index in [0.717, 1.165) is 10.9 Å². The third kappa shape index (κ3) is 2.42. The van der Waals surface area contributed by atoms with E-state index in [1.165, 1.54) is 11.3 Å². The summed E-state index contributed by atoms with van der Waals surface area (Å²) < 4.78 is 6.66. The molecular weight excluding hydrogens is 340 g/mol. The van der Waals surface area contributed by atoms with Crippen molar-refractivity contribution in [3.05, 3.63) is 41.0 Å². The van der Waals surface area contributed by atoms with E-state index in [0.29, 0.717) is 33.3 Å². The summed E-state index contributed by atoms with van der Waals surface area (Å²) >= 11 is 1.28. The van der Waals surface area contributed by atoms with Gasteiger partial charge in [-0.25, -0.2) is 19.3 Å². The Labute approximate surface area is 146 Å². The molecule has 0 aliphatic rings. The number of hydrogen-bond donors (Lipinski definition) is 1. The van der Waals surface area contributed by atoms with Gasteiger partial charge in [0.2, 0.25) is 0 Å². The molecule has 126 valence electrons. The summed E-state index contributed by atoms with van der Waals surface area (Å²) in [7, 11) is 0. The number of fused-ring (bicyclic) bond motifs is 3. The Morgan fingerprint density at radius 2 is 2.16 bits per heavy atom. The summed E-state index contributed by atoms with van der Waals surface area (Å²) in [6, 6.07) is 6.88. The highest BCUT2D eigenvalue weighted by Crippen LogP contribution is 2.33. The number of thiophene rings is 1. The molecule has 0 fully saturated rings. The monoisotopic (exact) mass is 354 g/mol. The smallest absolute Gasteiger partial charge is 0.348 e. The van der Waals surface area contributed by atoms with Gasteiger partial charge in [0.25, 0.3) is 0 Å². The van der Waals surface area contributed by atoms with Crippen molar-refractivity contribution in [2.75, 3.05) is 6.61 Å². The molecule has 4 aromatic rings. The molecule has 8 heteroatoms. The van der Waals surface area contributed by atoms with Crippen LogP contribution in [-0.4, -0.2) is 37.3 Å². The van der Waals surface area contributed by atoms with Crippen LogP contribution in [0.4, 0.5) is 0 Å². The van der Waals surface area contributed by atoms with Gasteiger partial charge in [0.1, 0.15) is 21.8 Å². The summed E-state index contributed by atoms with van der Waals surface area (Å²) in [6.07, 6.45) is 1.55.